The van der Waals surface area contributed by atoms with E-state index in [4.69, 9.17) is 5.84 Å². The van der Waals surface area contributed by atoms with E-state index < -0.39 is 0 Å². The van der Waals surface area contributed by atoms with Crippen molar-refractivity contribution in [3.8, 4) is 0 Å². The van der Waals surface area contributed by atoms with Crippen molar-refractivity contribution in [1.82, 2.24) is 20.2 Å². The number of nitrogens with two attached hydrogens (primary N) is 1. The van der Waals surface area contributed by atoms with Crippen LogP contribution < -0.4 is 11.3 Å². The lowest BCUT2D eigenvalue weighted by Crippen LogP contribution is -2.45. The van der Waals surface area contributed by atoms with Gasteiger partial charge < -0.3 is 0 Å². The Labute approximate surface area is 103 Å². The summed E-state index contributed by atoms with van der Waals surface area (Å²) in [4.78, 5) is 4.35. The molecule has 1 atom stereocenters. The summed E-state index contributed by atoms with van der Waals surface area (Å²) in [6.45, 7) is 5.31. The van der Waals surface area contributed by atoms with Crippen LogP contribution in [-0.4, -0.2) is 20.8 Å². The molecule has 0 aliphatic heterocycles. The molecule has 1 aromatic rings. The van der Waals surface area contributed by atoms with Gasteiger partial charge in [-0.3, -0.25) is 11.3 Å². The maximum Gasteiger partial charge on any atom is 0.138 e. The standard InChI is InChI=1S/C12H23N5/c1-9(2)7-17-12(14-8-15-17)6-11(16-13)10-4-3-5-10/h8-11,16H,3-7,13H2,1-2H3. The fourth-order valence-electron chi connectivity index (χ4n) is 2.35. The molecule has 1 saturated carbocycles. The first-order chi connectivity index (χ1) is 8.20. The first kappa shape index (κ1) is 12.5. The van der Waals surface area contributed by atoms with Gasteiger partial charge >= 0.3 is 0 Å². The van der Waals surface area contributed by atoms with Gasteiger partial charge in [0, 0.05) is 19.0 Å². The first-order valence-corrected chi connectivity index (χ1v) is 6.53. The predicted molar refractivity (Wildman–Crippen MR) is 67.0 cm³/mol. The van der Waals surface area contributed by atoms with E-state index in [0.29, 0.717) is 17.9 Å². The zero-order chi connectivity index (χ0) is 12.3. The van der Waals surface area contributed by atoms with E-state index in [1.807, 2.05) is 4.68 Å². The molecule has 96 valence electrons. The second-order valence-corrected chi connectivity index (χ2v) is 5.42. The average Bonchev–Trinajstić information content (AvgIpc) is 2.61. The van der Waals surface area contributed by atoms with Crippen molar-refractivity contribution in [2.45, 2.75) is 52.1 Å². The highest BCUT2D eigenvalue weighted by molar-refractivity contribution is 4.93. The quantitative estimate of drug-likeness (QED) is 0.574. The van der Waals surface area contributed by atoms with Gasteiger partial charge in [0.2, 0.25) is 0 Å². The monoisotopic (exact) mass is 237 g/mol. The minimum atomic E-state index is 0.346. The van der Waals surface area contributed by atoms with Crippen LogP contribution >= 0.6 is 0 Å². The molecule has 0 spiro atoms. The van der Waals surface area contributed by atoms with Crippen LogP contribution in [0.4, 0.5) is 0 Å². The Bertz CT molecular complexity index is 342. The van der Waals surface area contributed by atoms with Crippen molar-refractivity contribution in [3.05, 3.63) is 12.2 Å². The van der Waals surface area contributed by atoms with Crippen molar-refractivity contribution in [1.29, 1.82) is 0 Å². The van der Waals surface area contributed by atoms with E-state index >= 15 is 0 Å². The first-order valence-electron chi connectivity index (χ1n) is 6.53. The normalized spacial score (nSPS) is 18.4. The second kappa shape index (κ2) is 5.60. The molecule has 1 unspecified atom stereocenters. The van der Waals surface area contributed by atoms with Gasteiger partial charge in [0.15, 0.2) is 0 Å². The van der Waals surface area contributed by atoms with Crippen LogP contribution in [0, 0.1) is 11.8 Å². The SMILES string of the molecule is CC(C)Cn1ncnc1CC(NN)C1CCC1. The highest BCUT2D eigenvalue weighted by Gasteiger charge is 2.27. The molecule has 0 aromatic carbocycles. The van der Waals surface area contributed by atoms with Crippen molar-refractivity contribution in [2.24, 2.45) is 17.7 Å². The molecule has 1 aliphatic carbocycles. The molecule has 3 N–H and O–H groups in total. The summed E-state index contributed by atoms with van der Waals surface area (Å²) in [6, 6.07) is 0.346. The van der Waals surface area contributed by atoms with E-state index in [1.165, 1.54) is 19.3 Å². The number of hydrazine groups is 1. The number of nitrogens with one attached hydrogen (secondary N) is 1. The Hall–Kier alpha value is -0.940. The summed E-state index contributed by atoms with van der Waals surface area (Å²) in [6.07, 6.45) is 6.43. The molecule has 1 aromatic heterocycles. The number of aromatic nitrogens is 3. The molecule has 1 heterocycles. The fourth-order valence-corrected chi connectivity index (χ4v) is 2.35. The Morgan fingerprint density at radius 2 is 2.29 bits per heavy atom. The number of hydrogen-bond acceptors (Lipinski definition) is 4. The highest BCUT2D eigenvalue weighted by Crippen LogP contribution is 2.30. The zero-order valence-corrected chi connectivity index (χ0v) is 10.8. The van der Waals surface area contributed by atoms with Crippen LogP contribution in [0.5, 0.6) is 0 Å². The van der Waals surface area contributed by atoms with Gasteiger partial charge in [0.05, 0.1) is 0 Å². The molecule has 2 rings (SSSR count). The molecule has 5 nitrogen and oxygen atoms in total. The van der Waals surface area contributed by atoms with Crippen molar-refractivity contribution in [3.63, 3.8) is 0 Å². The summed E-state index contributed by atoms with van der Waals surface area (Å²) in [5.41, 5.74) is 2.94. The topological polar surface area (TPSA) is 68.8 Å². The number of hydrogen-bond donors (Lipinski definition) is 2. The summed E-state index contributed by atoms with van der Waals surface area (Å²) in [5.74, 6) is 7.99. The summed E-state index contributed by atoms with van der Waals surface area (Å²) in [7, 11) is 0. The Balaban J connectivity index is 1.98. The van der Waals surface area contributed by atoms with Crippen molar-refractivity contribution in [2.75, 3.05) is 0 Å². The van der Waals surface area contributed by atoms with Gasteiger partial charge in [-0.2, -0.15) is 5.10 Å². The van der Waals surface area contributed by atoms with Crippen LogP contribution in [0.15, 0.2) is 6.33 Å². The largest absolute Gasteiger partial charge is 0.271 e. The number of nitrogens with zero attached hydrogens (tertiary/aromatic N) is 3. The molecule has 1 aliphatic rings. The van der Waals surface area contributed by atoms with Crippen molar-refractivity contribution < 1.29 is 0 Å². The second-order valence-electron chi connectivity index (χ2n) is 5.42. The molecular weight excluding hydrogens is 214 g/mol. The van der Waals surface area contributed by atoms with Gasteiger partial charge in [-0.15, -0.1) is 0 Å². The molecular formula is C12H23N5. The van der Waals surface area contributed by atoms with Crippen LogP contribution in [0.3, 0.4) is 0 Å². The molecule has 0 saturated heterocycles. The Morgan fingerprint density at radius 1 is 1.53 bits per heavy atom. The van der Waals surface area contributed by atoms with E-state index in [0.717, 1.165) is 18.8 Å². The maximum atomic E-state index is 5.64. The van der Waals surface area contributed by atoms with Crippen LogP contribution in [-0.2, 0) is 13.0 Å². The molecule has 17 heavy (non-hydrogen) atoms. The highest BCUT2D eigenvalue weighted by atomic mass is 15.3. The van der Waals surface area contributed by atoms with Gasteiger partial charge in [-0.1, -0.05) is 20.3 Å². The summed E-state index contributed by atoms with van der Waals surface area (Å²) < 4.78 is 2.01. The number of rotatable bonds is 6. The third kappa shape index (κ3) is 3.04. The van der Waals surface area contributed by atoms with E-state index in [1.54, 1.807) is 6.33 Å². The maximum absolute atomic E-state index is 5.64. The van der Waals surface area contributed by atoms with E-state index in [9.17, 15) is 0 Å². The molecule has 0 amide bonds. The van der Waals surface area contributed by atoms with E-state index in [-0.39, 0.29) is 0 Å². The molecule has 0 radical (unpaired) electrons. The fraction of sp³-hybridized carbons (Fsp3) is 0.833. The van der Waals surface area contributed by atoms with Crippen LogP contribution in [0.1, 0.15) is 38.9 Å². The van der Waals surface area contributed by atoms with E-state index in [2.05, 4.69) is 29.4 Å². The van der Waals surface area contributed by atoms with Crippen LogP contribution in [0.25, 0.3) is 0 Å². The lowest BCUT2D eigenvalue weighted by Gasteiger charge is -2.33. The predicted octanol–water partition coefficient (Wildman–Crippen LogP) is 1.11. The zero-order valence-electron chi connectivity index (χ0n) is 10.8. The molecule has 5 heteroatoms. The summed E-state index contributed by atoms with van der Waals surface area (Å²) in [5, 5.41) is 4.28. The lowest BCUT2D eigenvalue weighted by molar-refractivity contribution is 0.224. The Kier molecular flexibility index (Phi) is 4.12. The van der Waals surface area contributed by atoms with Gasteiger partial charge in [-0.25, -0.2) is 9.67 Å². The average molecular weight is 237 g/mol. The van der Waals surface area contributed by atoms with Gasteiger partial charge in [0.1, 0.15) is 12.2 Å². The van der Waals surface area contributed by atoms with Crippen LogP contribution in [0.2, 0.25) is 0 Å². The third-order valence-electron chi connectivity index (χ3n) is 3.57. The minimum absolute atomic E-state index is 0.346. The lowest BCUT2D eigenvalue weighted by atomic mass is 9.79. The van der Waals surface area contributed by atoms with Gasteiger partial charge in [0.25, 0.3) is 0 Å². The Morgan fingerprint density at radius 3 is 2.82 bits per heavy atom. The van der Waals surface area contributed by atoms with Gasteiger partial charge in [-0.05, 0) is 24.7 Å². The molecule has 0 bridgehead atoms. The third-order valence-corrected chi connectivity index (χ3v) is 3.57. The molecule has 1 fully saturated rings. The van der Waals surface area contributed by atoms with Crippen molar-refractivity contribution >= 4 is 0 Å². The minimum Gasteiger partial charge on any atom is -0.271 e. The summed E-state index contributed by atoms with van der Waals surface area (Å²) >= 11 is 0. The smallest absolute Gasteiger partial charge is 0.138 e.